The van der Waals surface area contributed by atoms with Gasteiger partial charge in [0.2, 0.25) is 15.9 Å². The molecule has 3 atom stereocenters. The first-order chi connectivity index (χ1) is 15.8. The summed E-state index contributed by atoms with van der Waals surface area (Å²) in [5.74, 6) is 0.224. The van der Waals surface area contributed by atoms with Crippen molar-refractivity contribution in [2.75, 3.05) is 37.2 Å². The van der Waals surface area contributed by atoms with Crippen LogP contribution in [0, 0.1) is 0 Å². The highest BCUT2D eigenvalue weighted by Crippen LogP contribution is 2.33. The highest BCUT2D eigenvalue weighted by atomic mass is 32.2. The summed E-state index contributed by atoms with van der Waals surface area (Å²) in [6.45, 7) is 3.45. The van der Waals surface area contributed by atoms with E-state index >= 15 is 0 Å². The molecule has 0 radical (unpaired) electrons. The lowest BCUT2D eigenvalue weighted by Gasteiger charge is -2.42. The molecule has 10 heteroatoms. The van der Waals surface area contributed by atoms with Crippen LogP contribution in [-0.4, -0.2) is 80.8 Å². The summed E-state index contributed by atoms with van der Waals surface area (Å²) in [7, 11) is -1.72. The first-order valence-corrected chi connectivity index (χ1v) is 13.4. The number of rotatable bonds is 5. The van der Waals surface area contributed by atoms with Gasteiger partial charge in [0.1, 0.15) is 18.5 Å². The molecule has 0 bridgehead atoms. The van der Waals surface area contributed by atoms with Gasteiger partial charge >= 0.3 is 0 Å². The molecule has 33 heavy (non-hydrogen) atoms. The van der Waals surface area contributed by atoms with Crippen LogP contribution in [0.3, 0.4) is 0 Å². The molecule has 2 saturated heterocycles. The molecule has 1 N–H and O–H groups in total. The Morgan fingerprint density at radius 3 is 2.67 bits per heavy atom. The number of likely N-dealkylation sites (tertiary alicyclic amines) is 1. The minimum Gasteiger partial charge on any atom is -0.490 e. The van der Waals surface area contributed by atoms with E-state index < -0.39 is 10.0 Å². The zero-order valence-electron chi connectivity index (χ0n) is 19.3. The molecule has 0 aromatic heterocycles. The fourth-order valence-corrected chi connectivity index (χ4v) is 5.44. The van der Waals surface area contributed by atoms with Gasteiger partial charge in [0.15, 0.2) is 0 Å². The topological polar surface area (TPSA) is 105 Å². The molecule has 0 saturated carbocycles. The van der Waals surface area contributed by atoms with E-state index in [4.69, 9.17) is 9.47 Å². The number of carbonyl (C=O) groups excluding carboxylic acids is 2. The average molecular weight is 480 g/mol. The number of hydrogen-bond acceptors (Lipinski definition) is 6. The molecule has 4 rings (SSSR count). The zero-order chi connectivity index (χ0) is 23.6. The first kappa shape index (κ1) is 23.8. The molecule has 2 fully saturated rings. The van der Waals surface area contributed by atoms with E-state index in [2.05, 4.69) is 4.72 Å². The third kappa shape index (κ3) is 5.43. The number of fused-ring (bicyclic) bond motifs is 2. The van der Waals surface area contributed by atoms with Crippen LogP contribution >= 0.6 is 0 Å². The van der Waals surface area contributed by atoms with Gasteiger partial charge in [-0.2, -0.15) is 0 Å². The van der Waals surface area contributed by atoms with Crippen LogP contribution in [0.15, 0.2) is 18.2 Å². The number of benzene rings is 1. The molecular weight excluding hydrogens is 446 g/mol. The van der Waals surface area contributed by atoms with Crippen molar-refractivity contribution in [3.63, 3.8) is 0 Å². The highest BCUT2D eigenvalue weighted by molar-refractivity contribution is 7.92. The van der Waals surface area contributed by atoms with Gasteiger partial charge in [-0.3, -0.25) is 14.3 Å². The van der Waals surface area contributed by atoms with Crippen molar-refractivity contribution in [1.82, 2.24) is 9.80 Å². The highest BCUT2D eigenvalue weighted by Gasteiger charge is 2.39. The molecule has 0 spiro atoms. The molecule has 1 aromatic rings. The fraction of sp³-hybridized carbons (Fsp3) is 0.652. The molecule has 3 aliphatic heterocycles. The van der Waals surface area contributed by atoms with Crippen LogP contribution in [0.2, 0.25) is 0 Å². The number of amides is 2. The van der Waals surface area contributed by atoms with Crippen molar-refractivity contribution in [2.45, 2.75) is 63.7 Å². The maximum Gasteiger partial charge on any atom is 0.257 e. The van der Waals surface area contributed by atoms with Crippen molar-refractivity contribution in [1.29, 1.82) is 0 Å². The van der Waals surface area contributed by atoms with E-state index in [9.17, 15) is 18.0 Å². The fourth-order valence-electron chi connectivity index (χ4n) is 4.81. The molecule has 9 nitrogen and oxygen atoms in total. The molecule has 0 aliphatic carbocycles. The van der Waals surface area contributed by atoms with E-state index in [1.54, 1.807) is 31.0 Å². The number of ether oxygens (including phenoxy) is 2. The summed E-state index contributed by atoms with van der Waals surface area (Å²) >= 11 is 0. The standard InChI is InChI=1S/C23H33N3O6S/c1-3-33(29,30)24-16-7-10-20-18(13-16)23(28)25(2)19-9-8-17(32-21(19)15-31-20)14-22(27)26-11-5-4-6-12-26/h7,10,13,17,19,21,24H,3-6,8-9,11-12,14-15H2,1-2H3/t17-,19+,21+/m1/s1. The maximum absolute atomic E-state index is 13.2. The first-order valence-electron chi connectivity index (χ1n) is 11.7. The van der Waals surface area contributed by atoms with Gasteiger partial charge in [-0.1, -0.05) is 0 Å². The van der Waals surface area contributed by atoms with Crippen molar-refractivity contribution in [3.8, 4) is 5.75 Å². The number of anilines is 1. The van der Waals surface area contributed by atoms with Crippen molar-refractivity contribution in [2.24, 2.45) is 0 Å². The number of carbonyl (C=O) groups is 2. The Bertz CT molecular complexity index is 992. The Labute approximate surface area is 195 Å². The molecule has 2 amide bonds. The number of sulfonamides is 1. The summed E-state index contributed by atoms with van der Waals surface area (Å²) in [6, 6.07) is 4.53. The summed E-state index contributed by atoms with van der Waals surface area (Å²) in [4.78, 5) is 29.5. The Hall–Kier alpha value is -2.33. The lowest BCUT2D eigenvalue weighted by atomic mass is 9.94. The number of piperidine rings is 1. The number of hydrogen-bond donors (Lipinski definition) is 1. The average Bonchev–Trinajstić information content (AvgIpc) is 2.82. The van der Waals surface area contributed by atoms with E-state index in [0.29, 0.717) is 36.3 Å². The monoisotopic (exact) mass is 479 g/mol. The Morgan fingerprint density at radius 2 is 1.94 bits per heavy atom. The minimum absolute atomic E-state index is 0.0586. The van der Waals surface area contributed by atoms with Gasteiger partial charge < -0.3 is 19.3 Å². The van der Waals surface area contributed by atoms with Gasteiger partial charge in [0.25, 0.3) is 5.91 Å². The normalized spacial score (nSPS) is 25.9. The second-order valence-corrected chi connectivity index (χ2v) is 11.0. The molecule has 3 heterocycles. The van der Waals surface area contributed by atoms with Crippen molar-refractivity contribution in [3.05, 3.63) is 23.8 Å². The lowest BCUT2D eigenvalue weighted by Crippen LogP contribution is -2.54. The molecule has 182 valence electrons. The number of likely N-dealkylation sites (N-methyl/N-ethyl adjacent to an activating group) is 1. The Morgan fingerprint density at radius 1 is 1.18 bits per heavy atom. The van der Waals surface area contributed by atoms with Gasteiger partial charge in [-0.15, -0.1) is 0 Å². The SMILES string of the molecule is CCS(=O)(=O)Nc1ccc2c(c1)C(=O)N(C)[C@H]1CC[C@H](CC(=O)N3CCCCC3)O[C@H]1CO2. The molecule has 0 unspecified atom stereocenters. The Balaban J connectivity index is 1.46. The van der Waals surface area contributed by atoms with Crippen LogP contribution in [0.4, 0.5) is 5.69 Å². The third-order valence-corrected chi connectivity index (χ3v) is 8.08. The predicted octanol–water partition coefficient (Wildman–Crippen LogP) is 2.23. The van der Waals surface area contributed by atoms with E-state index in [-0.39, 0.29) is 42.4 Å². The van der Waals surface area contributed by atoms with Gasteiger partial charge in [-0.05, 0) is 57.2 Å². The lowest BCUT2D eigenvalue weighted by molar-refractivity contribution is -0.143. The van der Waals surface area contributed by atoms with E-state index in [0.717, 1.165) is 25.9 Å². The van der Waals surface area contributed by atoms with Gasteiger partial charge in [-0.25, -0.2) is 8.42 Å². The smallest absolute Gasteiger partial charge is 0.257 e. The summed E-state index contributed by atoms with van der Waals surface area (Å²) < 4.78 is 38.5. The second-order valence-electron chi connectivity index (χ2n) is 9.03. The third-order valence-electron chi connectivity index (χ3n) is 6.78. The molecular formula is C23H33N3O6S. The quantitative estimate of drug-likeness (QED) is 0.694. The number of nitrogens with zero attached hydrogens (tertiary/aromatic N) is 2. The largest absolute Gasteiger partial charge is 0.490 e. The summed E-state index contributed by atoms with van der Waals surface area (Å²) in [5.41, 5.74) is 0.643. The van der Waals surface area contributed by atoms with Gasteiger partial charge in [0.05, 0.1) is 29.9 Å². The Kier molecular flexibility index (Phi) is 7.13. The van der Waals surface area contributed by atoms with Crippen molar-refractivity contribution >= 4 is 27.5 Å². The zero-order valence-corrected chi connectivity index (χ0v) is 20.1. The van der Waals surface area contributed by atoms with E-state index in [1.807, 2.05) is 4.90 Å². The second kappa shape index (κ2) is 9.89. The maximum atomic E-state index is 13.2. The van der Waals surface area contributed by atoms with E-state index in [1.165, 1.54) is 12.5 Å². The molecule has 1 aromatic carbocycles. The van der Waals surface area contributed by atoms with Crippen LogP contribution in [-0.2, 0) is 19.6 Å². The van der Waals surface area contributed by atoms with Gasteiger partial charge in [0, 0.05) is 25.8 Å². The number of nitrogens with one attached hydrogen (secondary N) is 1. The predicted molar refractivity (Wildman–Crippen MR) is 124 cm³/mol. The summed E-state index contributed by atoms with van der Waals surface area (Å²) in [5, 5.41) is 0. The molecule has 3 aliphatic rings. The van der Waals surface area contributed by atoms with Crippen LogP contribution < -0.4 is 9.46 Å². The minimum atomic E-state index is -3.46. The summed E-state index contributed by atoms with van der Waals surface area (Å²) in [6.07, 6.45) is 4.55. The van der Waals surface area contributed by atoms with Crippen molar-refractivity contribution < 1.29 is 27.5 Å². The van der Waals surface area contributed by atoms with Crippen LogP contribution in [0.5, 0.6) is 5.75 Å². The van der Waals surface area contributed by atoms with Crippen LogP contribution in [0.25, 0.3) is 0 Å². The van der Waals surface area contributed by atoms with Crippen LogP contribution in [0.1, 0.15) is 55.8 Å².